The van der Waals surface area contributed by atoms with Crippen molar-refractivity contribution >= 4 is 12.0 Å². The Hall–Kier alpha value is -2.08. The average Bonchev–Trinajstić information content (AvgIpc) is 2.45. The molecule has 3 N–H and O–H groups in total. The third kappa shape index (κ3) is 6.27. The molecular formula is C15H23N3O3. The number of nitrogens with zero attached hydrogens (tertiary/aromatic N) is 1. The summed E-state index contributed by atoms with van der Waals surface area (Å²) in [7, 11) is 2.01. The predicted molar refractivity (Wildman–Crippen MR) is 81.4 cm³/mol. The standard InChI is InChI=1S/C15H23N3O3/c1-11(2)18(3)9-8-16-15(21)17-10-12-4-6-13(7-5-12)14(19)20/h4-7,11H,8-10H2,1-3H3,(H,19,20)(H2,16,17,21). The van der Waals surface area contributed by atoms with E-state index in [2.05, 4.69) is 29.4 Å². The van der Waals surface area contributed by atoms with Gasteiger partial charge in [0.25, 0.3) is 0 Å². The molecule has 1 aromatic carbocycles. The summed E-state index contributed by atoms with van der Waals surface area (Å²) < 4.78 is 0. The first-order chi connectivity index (χ1) is 9.90. The fraction of sp³-hybridized carbons (Fsp3) is 0.467. The summed E-state index contributed by atoms with van der Waals surface area (Å²) in [6.07, 6.45) is 0. The summed E-state index contributed by atoms with van der Waals surface area (Å²) in [6, 6.07) is 6.65. The van der Waals surface area contributed by atoms with Crippen molar-refractivity contribution < 1.29 is 14.7 Å². The molecule has 1 aromatic rings. The highest BCUT2D eigenvalue weighted by molar-refractivity contribution is 5.87. The van der Waals surface area contributed by atoms with Crippen LogP contribution in [0, 0.1) is 0 Å². The number of carbonyl (C=O) groups excluding carboxylic acids is 1. The normalized spacial score (nSPS) is 10.7. The van der Waals surface area contributed by atoms with Crippen molar-refractivity contribution in [2.24, 2.45) is 0 Å². The Morgan fingerprint density at radius 1 is 1.19 bits per heavy atom. The molecule has 0 unspecified atom stereocenters. The number of hydrogen-bond donors (Lipinski definition) is 3. The first-order valence-corrected chi connectivity index (χ1v) is 6.94. The van der Waals surface area contributed by atoms with Crippen LogP contribution in [-0.4, -0.2) is 48.2 Å². The summed E-state index contributed by atoms with van der Waals surface area (Å²) >= 11 is 0. The number of carboxylic acid groups (broad SMARTS) is 1. The number of benzene rings is 1. The Labute approximate surface area is 125 Å². The Morgan fingerprint density at radius 3 is 2.33 bits per heavy atom. The third-order valence-electron chi connectivity index (χ3n) is 3.29. The molecule has 6 heteroatoms. The molecule has 0 radical (unpaired) electrons. The number of carbonyl (C=O) groups is 2. The van der Waals surface area contributed by atoms with Gasteiger partial charge in [0, 0.05) is 25.7 Å². The maximum absolute atomic E-state index is 11.6. The minimum atomic E-state index is -0.957. The minimum absolute atomic E-state index is 0.227. The lowest BCUT2D eigenvalue weighted by Gasteiger charge is -2.20. The highest BCUT2D eigenvalue weighted by atomic mass is 16.4. The van der Waals surface area contributed by atoms with Crippen LogP contribution in [-0.2, 0) is 6.54 Å². The number of aromatic carboxylic acids is 1. The van der Waals surface area contributed by atoms with E-state index in [9.17, 15) is 9.59 Å². The van der Waals surface area contributed by atoms with Crippen molar-refractivity contribution in [3.63, 3.8) is 0 Å². The van der Waals surface area contributed by atoms with Crippen LogP contribution in [0.2, 0.25) is 0 Å². The fourth-order valence-corrected chi connectivity index (χ4v) is 1.61. The Balaban J connectivity index is 2.28. The van der Waals surface area contributed by atoms with Crippen LogP contribution >= 0.6 is 0 Å². The van der Waals surface area contributed by atoms with Crippen molar-refractivity contribution in [2.75, 3.05) is 20.1 Å². The van der Waals surface area contributed by atoms with Gasteiger partial charge in [-0.15, -0.1) is 0 Å². The maximum atomic E-state index is 11.6. The second-order valence-corrected chi connectivity index (χ2v) is 5.19. The molecule has 0 saturated carbocycles. The second kappa shape index (κ2) is 8.26. The lowest BCUT2D eigenvalue weighted by molar-refractivity contribution is 0.0697. The molecule has 0 aromatic heterocycles. The molecular weight excluding hydrogens is 270 g/mol. The molecule has 0 atom stereocenters. The van der Waals surface area contributed by atoms with Crippen LogP contribution in [0.25, 0.3) is 0 Å². The molecule has 21 heavy (non-hydrogen) atoms. The van der Waals surface area contributed by atoms with Gasteiger partial charge in [0.1, 0.15) is 0 Å². The number of nitrogens with one attached hydrogen (secondary N) is 2. The highest BCUT2D eigenvalue weighted by Gasteiger charge is 2.05. The van der Waals surface area contributed by atoms with Gasteiger partial charge in [-0.3, -0.25) is 0 Å². The largest absolute Gasteiger partial charge is 0.478 e. The number of carboxylic acids is 1. The van der Waals surface area contributed by atoms with Gasteiger partial charge >= 0.3 is 12.0 Å². The van der Waals surface area contributed by atoms with Gasteiger partial charge in [0.2, 0.25) is 0 Å². The summed E-state index contributed by atoms with van der Waals surface area (Å²) in [5, 5.41) is 14.3. The van der Waals surface area contributed by atoms with E-state index in [-0.39, 0.29) is 11.6 Å². The van der Waals surface area contributed by atoms with Crippen LogP contribution in [0.15, 0.2) is 24.3 Å². The van der Waals surface area contributed by atoms with Crippen molar-refractivity contribution in [1.29, 1.82) is 0 Å². The van der Waals surface area contributed by atoms with Crippen molar-refractivity contribution in [2.45, 2.75) is 26.4 Å². The van der Waals surface area contributed by atoms with E-state index in [0.717, 1.165) is 12.1 Å². The number of amides is 2. The van der Waals surface area contributed by atoms with E-state index in [4.69, 9.17) is 5.11 Å². The maximum Gasteiger partial charge on any atom is 0.335 e. The van der Waals surface area contributed by atoms with Gasteiger partial charge in [-0.2, -0.15) is 0 Å². The van der Waals surface area contributed by atoms with E-state index in [1.54, 1.807) is 12.1 Å². The molecule has 6 nitrogen and oxygen atoms in total. The summed E-state index contributed by atoms with van der Waals surface area (Å²) in [4.78, 5) is 24.5. The Kier molecular flexibility index (Phi) is 6.68. The van der Waals surface area contributed by atoms with Gasteiger partial charge in [0.05, 0.1) is 5.56 Å². The number of likely N-dealkylation sites (N-methyl/N-ethyl adjacent to an activating group) is 1. The average molecular weight is 293 g/mol. The zero-order valence-electron chi connectivity index (χ0n) is 12.7. The predicted octanol–water partition coefficient (Wildman–Crippen LogP) is 1.52. The molecule has 1 rings (SSSR count). The van der Waals surface area contributed by atoms with E-state index >= 15 is 0 Å². The minimum Gasteiger partial charge on any atom is -0.478 e. The quantitative estimate of drug-likeness (QED) is 0.712. The van der Waals surface area contributed by atoms with Gasteiger partial charge in [-0.05, 0) is 38.6 Å². The summed E-state index contributed by atoms with van der Waals surface area (Å²) in [5.41, 5.74) is 1.09. The second-order valence-electron chi connectivity index (χ2n) is 5.19. The molecule has 0 bridgehead atoms. The van der Waals surface area contributed by atoms with E-state index in [1.165, 1.54) is 12.1 Å². The van der Waals surface area contributed by atoms with Gasteiger partial charge < -0.3 is 20.6 Å². The summed E-state index contributed by atoms with van der Waals surface area (Å²) in [6.45, 7) is 5.93. The van der Waals surface area contributed by atoms with E-state index < -0.39 is 5.97 Å². The molecule has 2 amide bonds. The molecule has 0 aliphatic carbocycles. The topological polar surface area (TPSA) is 81.7 Å². The highest BCUT2D eigenvalue weighted by Crippen LogP contribution is 2.04. The molecule has 0 spiro atoms. The molecule has 0 fully saturated rings. The van der Waals surface area contributed by atoms with Gasteiger partial charge in [-0.25, -0.2) is 9.59 Å². The van der Waals surface area contributed by atoms with E-state index in [1.807, 2.05) is 7.05 Å². The first kappa shape index (κ1) is 17.0. The third-order valence-corrected chi connectivity index (χ3v) is 3.29. The lowest BCUT2D eigenvalue weighted by atomic mass is 10.1. The van der Waals surface area contributed by atoms with Crippen molar-refractivity contribution in [3.05, 3.63) is 35.4 Å². The molecule has 0 heterocycles. The molecule has 116 valence electrons. The molecule has 0 saturated heterocycles. The Bertz CT molecular complexity index is 472. The molecule has 0 aliphatic rings. The lowest BCUT2D eigenvalue weighted by Crippen LogP contribution is -2.40. The first-order valence-electron chi connectivity index (χ1n) is 6.94. The number of hydrogen-bond acceptors (Lipinski definition) is 3. The summed E-state index contributed by atoms with van der Waals surface area (Å²) in [5.74, 6) is -0.957. The van der Waals surface area contributed by atoms with E-state index in [0.29, 0.717) is 19.1 Å². The van der Waals surface area contributed by atoms with Gasteiger partial charge in [0.15, 0.2) is 0 Å². The number of rotatable bonds is 7. The molecule has 0 aliphatic heterocycles. The SMILES string of the molecule is CC(C)N(C)CCNC(=O)NCc1ccc(C(=O)O)cc1. The van der Waals surface area contributed by atoms with Crippen LogP contribution in [0.5, 0.6) is 0 Å². The van der Waals surface area contributed by atoms with Crippen LogP contribution in [0.1, 0.15) is 29.8 Å². The van der Waals surface area contributed by atoms with Crippen LogP contribution in [0.4, 0.5) is 4.79 Å². The van der Waals surface area contributed by atoms with Crippen molar-refractivity contribution in [3.8, 4) is 0 Å². The zero-order chi connectivity index (χ0) is 15.8. The van der Waals surface area contributed by atoms with Gasteiger partial charge in [-0.1, -0.05) is 12.1 Å². The fourth-order valence-electron chi connectivity index (χ4n) is 1.61. The van der Waals surface area contributed by atoms with Crippen molar-refractivity contribution in [1.82, 2.24) is 15.5 Å². The number of urea groups is 1. The monoisotopic (exact) mass is 293 g/mol. The van der Waals surface area contributed by atoms with Crippen LogP contribution < -0.4 is 10.6 Å². The Morgan fingerprint density at radius 2 is 1.81 bits per heavy atom. The zero-order valence-corrected chi connectivity index (χ0v) is 12.7. The smallest absolute Gasteiger partial charge is 0.335 e. The van der Waals surface area contributed by atoms with Crippen LogP contribution in [0.3, 0.4) is 0 Å².